The molecule has 0 heterocycles. The number of nitrogens with two attached hydrogens (primary N) is 1. The number of aliphatic hydroxyl groups excluding tert-OH is 1. The molecule has 0 aliphatic heterocycles. The van der Waals surface area contributed by atoms with Crippen molar-refractivity contribution in [3.63, 3.8) is 0 Å². The smallest absolute Gasteiger partial charge is 0.340 e. The highest BCUT2D eigenvalue weighted by Gasteiger charge is 2.29. The molecule has 0 amide bonds. The van der Waals surface area contributed by atoms with Crippen LogP contribution in [0.2, 0.25) is 0 Å². The standard InChI is InChI=1S/C14H19FN2O3/c15-10-5-6-11(12(13(10)16)14(19)20)17(7-2-8-18)9-3-1-4-9/h5-6,9,18H,1-4,7-8,16H2,(H,19,20). The van der Waals surface area contributed by atoms with E-state index in [1.807, 2.05) is 4.90 Å². The van der Waals surface area contributed by atoms with Crippen molar-refractivity contribution in [1.29, 1.82) is 0 Å². The Morgan fingerprint density at radius 2 is 2.15 bits per heavy atom. The summed E-state index contributed by atoms with van der Waals surface area (Å²) in [6.45, 7) is 0.564. The third kappa shape index (κ3) is 2.70. The Kier molecular flexibility index (Phi) is 4.44. The molecule has 0 aromatic heterocycles. The lowest BCUT2D eigenvalue weighted by molar-refractivity contribution is 0.0698. The van der Waals surface area contributed by atoms with Gasteiger partial charge in [-0.15, -0.1) is 0 Å². The van der Waals surface area contributed by atoms with E-state index in [0.717, 1.165) is 19.3 Å². The van der Waals surface area contributed by atoms with Crippen molar-refractivity contribution in [1.82, 2.24) is 0 Å². The Morgan fingerprint density at radius 3 is 2.65 bits per heavy atom. The first-order valence-electron chi connectivity index (χ1n) is 6.75. The number of rotatable bonds is 6. The number of hydrogen-bond donors (Lipinski definition) is 3. The first-order valence-corrected chi connectivity index (χ1v) is 6.75. The summed E-state index contributed by atoms with van der Waals surface area (Å²) in [4.78, 5) is 13.3. The third-order valence-electron chi connectivity index (χ3n) is 3.77. The van der Waals surface area contributed by atoms with Crippen LogP contribution >= 0.6 is 0 Å². The molecule has 0 unspecified atom stereocenters. The maximum absolute atomic E-state index is 13.5. The van der Waals surface area contributed by atoms with Gasteiger partial charge in [0.25, 0.3) is 0 Å². The van der Waals surface area contributed by atoms with Gasteiger partial charge in [0.05, 0.1) is 11.4 Å². The van der Waals surface area contributed by atoms with Crippen LogP contribution in [0.3, 0.4) is 0 Å². The van der Waals surface area contributed by atoms with Crippen molar-refractivity contribution in [3.05, 3.63) is 23.5 Å². The molecule has 1 fully saturated rings. The fourth-order valence-corrected chi connectivity index (χ4v) is 2.49. The number of benzene rings is 1. The van der Waals surface area contributed by atoms with Gasteiger partial charge in [0.1, 0.15) is 11.4 Å². The molecule has 20 heavy (non-hydrogen) atoms. The van der Waals surface area contributed by atoms with Gasteiger partial charge < -0.3 is 20.8 Å². The molecule has 1 aliphatic carbocycles. The SMILES string of the molecule is Nc1c(F)ccc(N(CCCO)C2CCC2)c1C(=O)O. The van der Waals surface area contributed by atoms with Crippen LogP contribution in [0.5, 0.6) is 0 Å². The zero-order valence-electron chi connectivity index (χ0n) is 11.2. The summed E-state index contributed by atoms with van der Waals surface area (Å²) < 4.78 is 13.5. The van der Waals surface area contributed by atoms with Gasteiger partial charge in [0.15, 0.2) is 0 Å². The maximum atomic E-state index is 13.5. The number of carbonyl (C=O) groups is 1. The van der Waals surface area contributed by atoms with E-state index in [2.05, 4.69) is 0 Å². The molecule has 4 N–H and O–H groups in total. The number of carboxylic acids is 1. The normalized spacial score (nSPS) is 14.9. The lowest BCUT2D eigenvalue weighted by Crippen LogP contribution is -2.42. The minimum absolute atomic E-state index is 0.0301. The van der Waals surface area contributed by atoms with E-state index >= 15 is 0 Å². The molecule has 1 aliphatic rings. The van der Waals surface area contributed by atoms with E-state index < -0.39 is 11.8 Å². The number of hydrogen-bond acceptors (Lipinski definition) is 4. The topological polar surface area (TPSA) is 86.8 Å². The number of halogens is 1. The molecule has 6 heteroatoms. The number of aromatic carboxylic acids is 1. The minimum atomic E-state index is -1.23. The molecule has 1 aromatic carbocycles. The molecule has 0 bridgehead atoms. The summed E-state index contributed by atoms with van der Waals surface area (Å²) in [6.07, 6.45) is 3.58. The van der Waals surface area contributed by atoms with Gasteiger partial charge in [-0.2, -0.15) is 0 Å². The Morgan fingerprint density at radius 1 is 1.45 bits per heavy atom. The highest BCUT2D eigenvalue weighted by molar-refractivity contribution is 6.00. The zero-order valence-corrected chi connectivity index (χ0v) is 11.2. The minimum Gasteiger partial charge on any atom is -0.478 e. The molecule has 1 saturated carbocycles. The van der Waals surface area contributed by atoms with E-state index in [1.165, 1.54) is 12.1 Å². The molecule has 1 aromatic rings. The van der Waals surface area contributed by atoms with Crippen molar-refractivity contribution in [3.8, 4) is 0 Å². The van der Waals surface area contributed by atoms with Crippen LogP contribution in [0.15, 0.2) is 12.1 Å². The molecule has 0 radical (unpaired) electrons. The van der Waals surface area contributed by atoms with Crippen LogP contribution in [0.4, 0.5) is 15.8 Å². The van der Waals surface area contributed by atoms with E-state index in [-0.39, 0.29) is 23.9 Å². The van der Waals surface area contributed by atoms with Gasteiger partial charge in [-0.25, -0.2) is 9.18 Å². The number of nitrogen functional groups attached to an aromatic ring is 1. The number of carboxylic acid groups (broad SMARTS) is 1. The average molecular weight is 282 g/mol. The second-order valence-corrected chi connectivity index (χ2v) is 5.02. The van der Waals surface area contributed by atoms with Crippen LogP contribution in [-0.2, 0) is 0 Å². The molecule has 5 nitrogen and oxygen atoms in total. The fourth-order valence-electron chi connectivity index (χ4n) is 2.49. The van der Waals surface area contributed by atoms with Gasteiger partial charge in [-0.1, -0.05) is 0 Å². The molecule has 2 rings (SSSR count). The molecular formula is C14H19FN2O3. The predicted octanol–water partition coefficient (Wildman–Crippen LogP) is 1.85. The molecule has 0 spiro atoms. The van der Waals surface area contributed by atoms with Crippen LogP contribution in [-0.4, -0.2) is 35.4 Å². The van der Waals surface area contributed by atoms with Gasteiger partial charge in [0.2, 0.25) is 0 Å². The van der Waals surface area contributed by atoms with Crippen molar-refractivity contribution in [2.45, 2.75) is 31.7 Å². The second-order valence-electron chi connectivity index (χ2n) is 5.02. The van der Waals surface area contributed by atoms with E-state index in [9.17, 15) is 14.3 Å². The van der Waals surface area contributed by atoms with E-state index in [4.69, 9.17) is 10.8 Å². The average Bonchev–Trinajstić information content (AvgIpc) is 2.34. The maximum Gasteiger partial charge on any atom is 0.340 e. The lowest BCUT2D eigenvalue weighted by atomic mass is 9.90. The first-order chi connectivity index (χ1) is 9.56. The molecule has 110 valence electrons. The molecular weight excluding hydrogens is 263 g/mol. The van der Waals surface area contributed by atoms with Crippen molar-refractivity contribution in [2.24, 2.45) is 0 Å². The first kappa shape index (κ1) is 14.6. The Bertz CT molecular complexity index is 503. The highest BCUT2D eigenvalue weighted by atomic mass is 19.1. The summed E-state index contributed by atoms with van der Waals surface area (Å²) in [5, 5.41) is 18.3. The third-order valence-corrected chi connectivity index (χ3v) is 3.77. The second kappa shape index (κ2) is 6.09. The summed E-state index contributed by atoms with van der Waals surface area (Å²) in [7, 11) is 0. The molecule has 0 atom stereocenters. The largest absolute Gasteiger partial charge is 0.478 e. The monoisotopic (exact) mass is 282 g/mol. The zero-order chi connectivity index (χ0) is 14.7. The van der Waals surface area contributed by atoms with Crippen molar-refractivity contribution >= 4 is 17.3 Å². The Balaban J connectivity index is 2.41. The number of nitrogens with zero attached hydrogens (tertiary/aromatic N) is 1. The van der Waals surface area contributed by atoms with Crippen LogP contribution in [0.25, 0.3) is 0 Å². The lowest BCUT2D eigenvalue weighted by Gasteiger charge is -2.40. The van der Waals surface area contributed by atoms with E-state index in [0.29, 0.717) is 18.7 Å². The summed E-state index contributed by atoms with van der Waals surface area (Å²) in [6, 6.07) is 2.90. The quantitative estimate of drug-likeness (QED) is 0.693. The van der Waals surface area contributed by atoms with E-state index in [1.54, 1.807) is 0 Å². The van der Waals surface area contributed by atoms with Crippen molar-refractivity contribution in [2.75, 3.05) is 23.8 Å². The Labute approximate surface area is 116 Å². The fraction of sp³-hybridized carbons (Fsp3) is 0.500. The summed E-state index contributed by atoms with van der Waals surface area (Å²) in [5.74, 6) is -1.95. The number of aliphatic hydroxyl groups is 1. The highest BCUT2D eigenvalue weighted by Crippen LogP contribution is 2.34. The summed E-state index contributed by atoms with van der Waals surface area (Å²) >= 11 is 0. The van der Waals surface area contributed by atoms with Gasteiger partial charge in [-0.05, 0) is 37.8 Å². The Hall–Kier alpha value is -1.82. The molecule has 0 saturated heterocycles. The predicted molar refractivity (Wildman–Crippen MR) is 74.5 cm³/mol. The van der Waals surface area contributed by atoms with Gasteiger partial charge in [-0.3, -0.25) is 0 Å². The van der Waals surface area contributed by atoms with Crippen molar-refractivity contribution < 1.29 is 19.4 Å². The van der Waals surface area contributed by atoms with Gasteiger partial charge in [0, 0.05) is 19.2 Å². The van der Waals surface area contributed by atoms with Crippen LogP contribution in [0.1, 0.15) is 36.0 Å². The van der Waals surface area contributed by atoms with Crippen LogP contribution < -0.4 is 10.6 Å². The van der Waals surface area contributed by atoms with Crippen LogP contribution in [0, 0.1) is 5.82 Å². The number of anilines is 2. The summed E-state index contributed by atoms with van der Waals surface area (Å²) in [5.41, 5.74) is 5.50. The van der Waals surface area contributed by atoms with Gasteiger partial charge >= 0.3 is 5.97 Å².